The molecule has 0 aromatic heterocycles. The van der Waals surface area contributed by atoms with Crippen molar-refractivity contribution in [3.63, 3.8) is 0 Å². The van der Waals surface area contributed by atoms with Gasteiger partial charge in [-0.05, 0) is 12.8 Å². The van der Waals surface area contributed by atoms with Crippen LogP contribution < -0.4 is 10.6 Å². The molecule has 2 N–H and O–H groups in total. The van der Waals surface area contributed by atoms with Crippen molar-refractivity contribution < 1.29 is 21.6 Å². The first-order valence-corrected chi connectivity index (χ1v) is 10.3. The van der Waals surface area contributed by atoms with Crippen molar-refractivity contribution in [1.82, 2.24) is 10.6 Å². The largest absolute Gasteiger partial charge is 0.352 e. The number of rotatable bonds is 3. The van der Waals surface area contributed by atoms with Crippen LogP contribution in [0, 0.1) is 0 Å². The molecule has 2 rings (SSSR count). The lowest BCUT2D eigenvalue weighted by Gasteiger charge is -2.26. The molecule has 0 saturated carbocycles. The molecule has 2 aliphatic rings. The fourth-order valence-electron chi connectivity index (χ4n) is 2.65. The van der Waals surface area contributed by atoms with Crippen molar-refractivity contribution in [1.29, 1.82) is 0 Å². The average molecular weight is 324 g/mol. The zero-order valence-electron chi connectivity index (χ0n) is 11.2. The van der Waals surface area contributed by atoms with Gasteiger partial charge in [0.25, 0.3) is 0 Å². The van der Waals surface area contributed by atoms with E-state index in [1.807, 2.05) is 0 Å². The standard InChI is InChI=1S/C11H20N2O5S2/c14-11(6-10-8-20(17,18)5-3-12-10)13-9-2-1-4-19(15,16)7-9/h9-10,12H,1-8H2,(H,13,14). The van der Waals surface area contributed by atoms with Crippen molar-refractivity contribution in [2.24, 2.45) is 0 Å². The zero-order chi connectivity index (χ0) is 14.8. The Labute approximate surface area is 119 Å². The zero-order valence-corrected chi connectivity index (χ0v) is 12.8. The van der Waals surface area contributed by atoms with Gasteiger partial charge in [0.05, 0.1) is 23.0 Å². The Kier molecular flexibility index (Phi) is 4.70. The molecule has 0 aromatic rings. The fraction of sp³-hybridized carbons (Fsp3) is 0.909. The summed E-state index contributed by atoms with van der Waals surface area (Å²) in [6, 6.07) is -0.726. The molecule has 2 heterocycles. The molecule has 2 saturated heterocycles. The molecule has 2 fully saturated rings. The van der Waals surface area contributed by atoms with Crippen molar-refractivity contribution >= 4 is 25.6 Å². The minimum atomic E-state index is -3.07. The van der Waals surface area contributed by atoms with Gasteiger partial charge in [0.1, 0.15) is 0 Å². The topological polar surface area (TPSA) is 109 Å². The van der Waals surface area contributed by atoms with Crippen molar-refractivity contribution in [3.8, 4) is 0 Å². The van der Waals surface area contributed by atoms with Gasteiger partial charge in [-0.1, -0.05) is 0 Å². The van der Waals surface area contributed by atoms with Gasteiger partial charge >= 0.3 is 0 Å². The van der Waals surface area contributed by atoms with E-state index in [1.54, 1.807) is 0 Å². The third-order valence-corrected chi connectivity index (χ3v) is 7.12. The summed E-state index contributed by atoms with van der Waals surface area (Å²) in [5, 5.41) is 5.70. The van der Waals surface area contributed by atoms with E-state index in [9.17, 15) is 21.6 Å². The molecule has 0 aliphatic carbocycles. The molecule has 9 heteroatoms. The van der Waals surface area contributed by atoms with Crippen LogP contribution in [0.15, 0.2) is 0 Å². The second-order valence-electron chi connectivity index (χ2n) is 5.49. The predicted molar refractivity (Wildman–Crippen MR) is 74.9 cm³/mol. The maximum absolute atomic E-state index is 11.9. The minimum absolute atomic E-state index is 0.0187. The number of hydrogen-bond acceptors (Lipinski definition) is 6. The third-order valence-electron chi connectivity index (χ3n) is 3.56. The van der Waals surface area contributed by atoms with Gasteiger partial charge in [0.15, 0.2) is 19.7 Å². The second kappa shape index (κ2) is 5.98. The Morgan fingerprint density at radius 1 is 1.10 bits per heavy atom. The van der Waals surface area contributed by atoms with Gasteiger partial charge in [-0.25, -0.2) is 16.8 Å². The molecule has 2 aliphatic heterocycles. The molecule has 2 atom stereocenters. The monoisotopic (exact) mass is 324 g/mol. The first kappa shape index (κ1) is 15.7. The molecule has 0 spiro atoms. The highest BCUT2D eigenvalue weighted by atomic mass is 32.2. The first-order valence-electron chi connectivity index (χ1n) is 6.69. The highest BCUT2D eigenvalue weighted by molar-refractivity contribution is 7.91. The van der Waals surface area contributed by atoms with E-state index >= 15 is 0 Å². The summed E-state index contributed by atoms with van der Waals surface area (Å²) in [6.07, 6.45) is 1.28. The SMILES string of the molecule is O=C(CC1CS(=O)(=O)CCN1)NC1CCCS(=O)(=O)C1. The highest BCUT2D eigenvalue weighted by Gasteiger charge is 2.29. The molecule has 0 aromatic carbocycles. The van der Waals surface area contributed by atoms with Gasteiger partial charge in [-0.15, -0.1) is 0 Å². The highest BCUT2D eigenvalue weighted by Crippen LogP contribution is 2.12. The lowest BCUT2D eigenvalue weighted by molar-refractivity contribution is -0.122. The molecule has 0 radical (unpaired) electrons. The molecule has 0 bridgehead atoms. The summed E-state index contributed by atoms with van der Waals surface area (Å²) in [5.41, 5.74) is 0. The first-order chi connectivity index (χ1) is 9.26. The smallest absolute Gasteiger partial charge is 0.221 e. The van der Waals surface area contributed by atoms with Crippen LogP contribution in [0.25, 0.3) is 0 Å². The van der Waals surface area contributed by atoms with E-state index in [0.29, 0.717) is 19.4 Å². The van der Waals surface area contributed by atoms with Crippen molar-refractivity contribution in [2.45, 2.75) is 31.3 Å². The number of amides is 1. The average Bonchev–Trinajstić information content (AvgIpc) is 2.25. The summed E-state index contributed by atoms with van der Waals surface area (Å²) in [4.78, 5) is 11.9. The van der Waals surface area contributed by atoms with E-state index in [-0.39, 0.29) is 47.4 Å². The normalized spacial score (nSPS) is 32.4. The number of sulfone groups is 2. The lowest BCUT2D eigenvalue weighted by Crippen LogP contribution is -2.49. The van der Waals surface area contributed by atoms with Crippen LogP contribution in [0.3, 0.4) is 0 Å². The second-order valence-corrected chi connectivity index (χ2v) is 9.95. The quantitative estimate of drug-likeness (QED) is 0.651. The Hall–Kier alpha value is -0.670. The van der Waals surface area contributed by atoms with Crippen LogP contribution in [0.5, 0.6) is 0 Å². The maximum Gasteiger partial charge on any atom is 0.221 e. The van der Waals surface area contributed by atoms with Crippen LogP contribution in [0.2, 0.25) is 0 Å². The van der Waals surface area contributed by atoms with E-state index in [4.69, 9.17) is 0 Å². The number of carbonyl (C=O) groups is 1. The molecule has 20 heavy (non-hydrogen) atoms. The van der Waals surface area contributed by atoms with E-state index in [0.717, 1.165) is 0 Å². The summed E-state index contributed by atoms with van der Waals surface area (Å²) >= 11 is 0. The Balaban J connectivity index is 1.83. The van der Waals surface area contributed by atoms with Crippen LogP contribution in [-0.2, 0) is 24.5 Å². The fourth-order valence-corrected chi connectivity index (χ4v) is 5.73. The van der Waals surface area contributed by atoms with Crippen molar-refractivity contribution in [3.05, 3.63) is 0 Å². The predicted octanol–water partition coefficient (Wildman–Crippen LogP) is -1.54. The van der Waals surface area contributed by atoms with E-state index < -0.39 is 19.7 Å². The molecule has 2 unspecified atom stereocenters. The Morgan fingerprint density at radius 3 is 2.45 bits per heavy atom. The molecule has 7 nitrogen and oxygen atoms in total. The van der Waals surface area contributed by atoms with Gasteiger partial charge < -0.3 is 10.6 Å². The summed E-state index contributed by atoms with van der Waals surface area (Å²) in [6.45, 7) is 0.359. The number of nitrogens with one attached hydrogen (secondary N) is 2. The summed E-state index contributed by atoms with van der Waals surface area (Å²) in [5.74, 6) is -0.0616. The third kappa shape index (κ3) is 4.71. The Bertz CT molecular complexity index is 520. The van der Waals surface area contributed by atoms with Crippen LogP contribution >= 0.6 is 0 Å². The molecular formula is C11H20N2O5S2. The molecule has 116 valence electrons. The van der Waals surface area contributed by atoms with Crippen LogP contribution in [-0.4, -0.2) is 64.4 Å². The number of carbonyl (C=O) groups excluding carboxylic acids is 1. The van der Waals surface area contributed by atoms with Crippen LogP contribution in [0.4, 0.5) is 0 Å². The number of hydrogen-bond donors (Lipinski definition) is 2. The molecular weight excluding hydrogens is 304 g/mol. The van der Waals surface area contributed by atoms with Crippen LogP contribution in [0.1, 0.15) is 19.3 Å². The molecule has 1 amide bonds. The van der Waals surface area contributed by atoms with Gasteiger partial charge in [-0.2, -0.15) is 0 Å². The Morgan fingerprint density at radius 2 is 1.80 bits per heavy atom. The maximum atomic E-state index is 11.9. The van der Waals surface area contributed by atoms with E-state index in [1.165, 1.54) is 0 Å². The minimum Gasteiger partial charge on any atom is -0.352 e. The summed E-state index contributed by atoms with van der Waals surface area (Å²) < 4.78 is 45.9. The summed E-state index contributed by atoms with van der Waals surface area (Å²) in [7, 11) is -6.12. The lowest BCUT2D eigenvalue weighted by atomic mass is 10.1. The van der Waals surface area contributed by atoms with Gasteiger partial charge in [0, 0.05) is 25.0 Å². The van der Waals surface area contributed by atoms with E-state index in [2.05, 4.69) is 10.6 Å². The van der Waals surface area contributed by atoms with Crippen molar-refractivity contribution in [2.75, 3.05) is 29.6 Å². The van der Waals surface area contributed by atoms with Gasteiger partial charge in [-0.3, -0.25) is 4.79 Å². The van der Waals surface area contributed by atoms with Gasteiger partial charge in [0.2, 0.25) is 5.91 Å².